The van der Waals surface area contributed by atoms with Gasteiger partial charge in [0.2, 0.25) is 0 Å². The van der Waals surface area contributed by atoms with E-state index in [-0.39, 0.29) is 11.7 Å². The van der Waals surface area contributed by atoms with E-state index in [4.69, 9.17) is 4.42 Å². The van der Waals surface area contributed by atoms with Gasteiger partial charge < -0.3 is 14.8 Å². The van der Waals surface area contributed by atoms with Crippen LogP contribution in [0, 0.1) is 11.3 Å². The fourth-order valence-electron chi connectivity index (χ4n) is 2.94. The quantitative estimate of drug-likeness (QED) is 0.894. The average molecular weight is 279 g/mol. The van der Waals surface area contributed by atoms with Crippen LogP contribution in [0.25, 0.3) is 0 Å². The summed E-state index contributed by atoms with van der Waals surface area (Å²) < 4.78 is 5.04. The number of hydrogen-bond donors (Lipinski definition) is 2. The third-order valence-corrected chi connectivity index (χ3v) is 4.46. The van der Waals surface area contributed by atoms with Crippen molar-refractivity contribution in [2.45, 2.75) is 52.1 Å². The first-order valence-corrected chi connectivity index (χ1v) is 7.34. The number of carbonyl (C=O) groups excluding carboxylic acids is 1. The molecule has 1 aliphatic rings. The van der Waals surface area contributed by atoms with Gasteiger partial charge in [0, 0.05) is 6.54 Å². The number of hydrogen-bond acceptors (Lipinski definition) is 3. The molecule has 1 saturated carbocycles. The molecule has 1 aromatic heterocycles. The molecule has 1 fully saturated rings. The number of amides is 1. The highest BCUT2D eigenvalue weighted by Gasteiger charge is 2.37. The molecule has 0 aliphatic heterocycles. The molecule has 4 nitrogen and oxygen atoms in total. The molecule has 0 saturated heterocycles. The van der Waals surface area contributed by atoms with Gasteiger partial charge in [0.1, 0.15) is 0 Å². The summed E-state index contributed by atoms with van der Waals surface area (Å²) in [5, 5.41) is 13.3. The van der Waals surface area contributed by atoms with Crippen LogP contribution in [0.15, 0.2) is 22.8 Å². The summed E-state index contributed by atoms with van der Waals surface area (Å²) in [7, 11) is 0. The van der Waals surface area contributed by atoms with Gasteiger partial charge in [0.15, 0.2) is 5.76 Å². The standard InChI is InChI=1S/C16H25NO3/c1-15(2,3)12-6-8-16(19,9-7-12)11-17-14(18)13-5-4-10-20-13/h4-5,10,12,19H,6-9,11H2,1-3H3,(H,17,18). The van der Waals surface area contributed by atoms with Gasteiger partial charge in [-0.15, -0.1) is 0 Å². The van der Waals surface area contributed by atoms with Gasteiger partial charge in [0.25, 0.3) is 5.91 Å². The van der Waals surface area contributed by atoms with E-state index in [0.717, 1.165) is 25.7 Å². The second-order valence-corrected chi connectivity index (χ2v) is 7.02. The van der Waals surface area contributed by atoms with E-state index >= 15 is 0 Å². The molecule has 1 aliphatic carbocycles. The molecular formula is C16H25NO3. The molecular weight excluding hydrogens is 254 g/mol. The van der Waals surface area contributed by atoms with Crippen molar-refractivity contribution in [1.82, 2.24) is 5.32 Å². The van der Waals surface area contributed by atoms with Crippen LogP contribution in [0.4, 0.5) is 0 Å². The molecule has 0 atom stereocenters. The maximum atomic E-state index is 11.8. The molecule has 0 spiro atoms. The van der Waals surface area contributed by atoms with E-state index in [1.54, 1.807) is 12.1 Å². The zero-order valence-electron chi connectivity index (χ0n) is 12.6. The summed E-state index contributed by atoms with van der Waals surface area (Å²) in [6.45, 7) is 7.05. The summed E-state index contributed by atoms with van der Waals surface area (Å²) in [5.41, 5.74) is -0.483. The van der Waals surface area contributed by atoms with Crippen molar-refractivity contribution in [1.29, 1.82) is 0 Å². The molecule has 0 bridgehead atoms. The largest absolute Gasteiger partial charge is 0.459 e. The van der Waals surface area contributed by atoms with Gasteiger partial charge in [-0.25, -0.2) is 0 Å². The Labute approximate surface area is 120 Å². The Morgan fingerprint density at radius 1 is 1.45 bits per heavy atom. The van der Waals surface area contributed by atoms with Crippen molar-refractivity contribution in [2.75, 3.05) is 6.54 Å². The first-order chi connectivity index (χ1) is 9.30. The molecule has 112 valence electrons. The summed E-state index contributed by atoms with van der Waals surface area (Å²) in [5.74, 6) is 0.668. The van der Waals surface area contributed by atoms with Gasteiger partial charge in [-0.1, -0.05) is 20.8 Å². The number of rotatable bonds is 3. The van der Waals surface area contributed by atoms with Gasteiger partial charge >= 0.3 is 0 Å². The fraction of sp³-hybridized carbons (Fsp3) is 0.688. The molecule has 1 amide bonds. The van der Waals surface area contributed by atoms with Crippen molar-refractivity contribution in [3.05, 3.63) is 24.2 Å². The van der Waals surface area contributed by atoms with Crippen LogP contribution in [-0.4, -0.2) is 23.2 Å². The van der Waals surface area contributed by atoms with Gasteiger partial charge in [-0.2, -0.15) is 0 Å². The molecule has 20 heavy (non-hydrogen) atoms. The first kappa shape index (κ1) is 15.1. The van der Waals surface area contributed by atoms with Gasteiger partial charge in [0.05, 0.1) is 11.9 Å². The lowest BCUT2D eigenvalue weighted by molar-refractivity contribution is -0.0229. The van der Waals surface area contributed by atoms with Crippen molar-refractivity contribution in [2.24, 2.45) is 11.3 Å². The lowest BCUT2D eigenvalue weighted by Crippen LogP contribution is -2.46. The van der Waals surface area contributed by atoms with Crippen LogP contribution in [0.3, 0.4) is 0 Å². The van der Waals surface area contributed by atoms with Crippen molar-refractivity contribution in [3.8, 4) is 0 Å². The lowest BCUT2D eigenvalue weighted by atomic mass is 9.68. The summed E-state index contributed by atoms with van der Waals surface area (Å²) in [6.07, 6.45) is 4.98. The summed E-state index contributed by atoms with van der Waals surface area (Å²) in [6, 6.07) is 3.30. The van der Waals surface area contributed by atoms with Crippen LogP contribution in [0.1, 0.15) is 57.0 Å². The Kier molecular flexibility index (Phi) is 4.23. The van der Waals surface area contributed by atoms with Crippen LogP contribution in [0.5, 0.6) is 0 Å². The van der Waals surface area contributed by atoms with Gasteiger partial charge in [-0.05, 0) is 49.1 Å². The minimum atomic E-state index is -0.774. The minimum absolute atomic E-state index is 0.263. The van der Waals surface area contributed by atoms with Crippen LogP contribution in [-0.2, 0) is 0 Å². The van der Waals surface area contributed by atoms with E-state index in [0.29, 0.717) is 17.9 Å². The smallest absolute Gasteiger partial charge is 0.287 e. The highest BCUT2D eigenvalue weighted by atomic mass is 16.3. The zero-order chi connectivity index (χ0) is 14.8. The maximum absolute atomic E-state index is 11.8. The summed E-state index contributed by atoms with van der Waals surface area (Å²) >= 11 is 0. The molecule has 4 heteroatoms. The topological polar surface area (TPSA) is 62.5 Å². The van der Waals surface area contributed by atoms with E-state index in [1.807, 2.05) is 0 Å². The van der Waals surface area contributed by atoms with E-state index in [9.17, 15) is 9.90 Å². The third-order valence-electron chi connectivity index (χ3n) is 4.46. The second kappa shape index (κ2) is 5.60. The molecule has 2 N–H and O–H groups in total. The van der Waals surface area contributed by atoms with E-state index in [2.05, 4.69) is 26.1 Å². The van der Waals surface area contributed by atoms with Crippen LogP contribution in [0.2, 0.25) is 0 Å². The SMILES string of the molecule is CC(C)(C)C1CCC(O)(CNC(=O)c2ccco2)CC1. The average Bonchev–Trinajstić information content (AvgIpc) is 2.89. The van der Waals surface area contributed by atoms with Crippen molar-refractivity contribution in [3.63, 3.8) is 0 Å². The first-order valence-electron chi connectivity index (χ1n) is 7.34. The number of aliphatic hydroxyl groups is 1. The Morgan fingerprint density at radius 2 is 2.10 bits per heavy atom. The highest BCUT2D eigenvalue weighted by Crippen LogP contribution is 2.41. The molecule has 0 unspecified atom stereocenters. The number of nitrogens with one attached hydrogen (secondary N) is 1. The Morgan fingerprint density at radius 3 is 2.60 bits per heavy atom. The second-order valence-electron chi connectivity index (χ2n) is 7.02. The van der Waals surface area contributed by atoms with E-state index in [1.165, 1.54) is 6.26 Å². The predicted octanol–water partition coefficient (Wildman–Crippen LogP) is 2.98. The molecule has 1 aromatic rings. The van der Waals surface area contributed by atoms with Crippen molar-refractivity contribution >= 4 is 5.91 Å². The fourth-order valence-corrected chi connectivity index (χ4v) is 2.94. The highest BCUT2D eigenvalue weighted by molar-refractivity contribution is 5.91. The lowest BCUT2D eigenvalue weighted by Gasteiger charge is -2.41. The van der Waals surface area contributed by atoms with E-state index < -0.39 is 5.60 Å². The van der Waals surface area contributed by atoms with Crippen LogP contribution >= 0.6 is 0 Å². The number of furan rings is 1. The maximum Gasteiger partial charge on any atom is 0.287 e. The Hall–Kier alpha value is -1.29. The number of carbonyl (C=O) groups is 1. The predicted molar refractivity (Wildman–Crippen MR) is 77.4 cm³/mol. The minimum Gasteiger partial charge on any atom is -0.459 e. The third kappa shape index (κ3) is 3.63. The Balaban J connectivity index is 1.83. The van der Waals surface area contributed by atoms with Gasteiger partial charge in [-0.3, -0.25) is 4.79 Å². The monoisotopic (exact) mass is 279 g/mol. The zero-order valence-corrected chi connectivity index (χ0v) is 12.6. The molecule has 1 heterocycles. The molecule has 2 rings (SSSR count). The molecule has 0 aromatic carbocycles. The normalized spacial score (nSPS) is 27.3. The Bertz CT molecular complexity index is 437. The molecule has 0 radical (unpaired) electrons. The van der Waals surface area contributed by atoms with Crippen molar-refractivity contribution < 1.29 is 14.3 Å². The summed E-state index contributed by atoms with van der Waals surface area (Å²) in [4.78, 5) is 11.8. The van der Waals surface area contributed by atoms with Crippen LogP contribution < -0.4 is 5.32 Å².